The van der Waals surface area contributed by atoms with E-state index in [2.05, 4.69) is 32.9 Å². The molecule has 0 fully saturated rings. The Morgan fingerprint density at radius 3 is 2.53 bits per heavy atom. The SMILES string of the molecule is Cc1ccc(CCC(N)C(C)C)c(Cl)c1. The van der Waals surface area contributed by atoms with Crippen molar-refractivity contribution in [1.29, 1.82) is 0 Å². The molecule has 2 N–H and O–H groups in total. The molecule has 1 aromatic rings. The van der Waals surface area contributed by atoms with Gasteiger partial charge in [-0.05, 0) is 42.9 Å². The summed E-state index contributed by atoms with van der Waals surface area (Å²) >= 11 is 6.15. The second kappa shape index (κ2) is 5.53. The van der Waals surface area contributed by atoms with Crippen LogP contribution in [0.5, 0.6) is 0 Å². The van der Waals surface area contributed by atoms with Crippen LogP contribution in [0.4, 0.5) is 0 Å². The van der Waals surface area contributed by atoms with Crippen molar-refractivity contribution >= 4 is 11.6 Å². The predicted molar refractivity (Wildman–Crippen MR) is 67.3 cm³/mol. The maximum Gasteiger partial charge on any atom is 0.0440 e. The van der Waals surface area contributed by atoms with Crippen LogP contribution in [0.15, 0.2) is 18.2 Å². The van der Waals surface area contributed by atoms with Gasteiger partial charge in [0.25, 0.3) is 0 Å². The van der Waals surface area contributed by atoms with Gasteiger partial charge in [-0.15, -0.1) is 0 Å². The maximum absolute atomic E-state index is 6.15. The maximum atomic E-state index is 6.15. The molecule has 0 radical (unpaired) electrons. The standard InChI is InChI=1S/C13H20ClN/c1-9(2)13(15)7-6-11-5-4-10(3)8-12(11)14/h4-5,8-9,13H,6-7,15H2,1-3H3. The number of hydrogen-bond donors (Lipinski definition) is 1. The quantitative estimate of drug-likeness (QED) is 0.833. The highest BCUT2D eigenvalue weighted by molar-refractivity contribution is 6.31. The van der Waals surface area contributed by atoms with Gasteiger partial charge < -0.3 is 5.73 Å². The Labute approximate surface area is 97.6 Å². The van der Waals surface area contributed by atoms with Crippen LogP contribution in [0.25, 0.3) is 0 Å². The second-order valence-electron chi connectivity index (χ2n) is 4.54. The molecule has 1 atom stereocenters. The summed E-state index contributed by atoms with van der Waals surface area (Å²) in [6, 6.07) is 6.48. The van der Waals surface area contributed by atoms with Crippen molar-refractivity contribution in [2.24, 2.45) is 11.7 Å². The second-order valence-corrected chi connectivity index (χ2v) is 4.95. The summed E-state index contributed by atoms with van der Waals surface area (Å²) in [6.07, 6.45) is 1.97. The van der Waals surface area contributed by atoms with Crippen LogP contribution in [0.2, 0.25) is 5.02 Å². The lowest BCUT2D eigenvalue weighted by Gasteiger charge is -2.15. The molecule has 0 heterocycles. The van der Waals surface area contributed by atoms with E-state index in [0.29, 0.717) is 5.92 Å². The first-order valence-corrected chi connectivity index (χ1v) is 5.89. The number of benzene rings is 1. The number of hydrogen-bond acceptors (Lipinski definition) is 1. The first-order chi connectivity index (χ1) is 7.00. The minimum atomic E-state index is 0.266. The van der Waals surface area contributed by atoms with Gasteiger partial charge in [0, 0.05) is 11.1 Å². The van der Waals surface area contributed by atoms with Gasteiger partial charge in [-0.2, -0.15) is 0 Å². The molecule has 0 spiro atoms. The van der Waals surface area contributed by atoms with Crippen molar-refractivity contribution < 1.29 is 0 Å². The van der Waals surface area contributed by atoms with E-state index in [4.69, 9.17) is 17.3 Å². The molecule has 2 heteroatoms. The third-order valence-electron chi connectivity index (χ3n) is 2.81. The highest BCUT2D eigenvalue weighted by Crippen LogP contribution is 2.20. The van der Waals surface area contributed by atoms with E-state index in [9.17, 15) is 0 Å². The highest BCUT2D eigenvalue weighted by Gasteiger charge is 2.08. The van der Waals surface area contributed by atoms with Crippen molar-refractivity contribution in [3.8, 4) is 0 Å². The topological polar surface area (TPSA) is 26.0 Å². The molecule has 0 saturated heterocycles. The van der Waals surface area contributed by atoms with Gasteiger partial charge in [0.1, 0.15) is 0 Å². The molecule has 0 amide bonds. The lowest BCUT2D eigenvalue weighted by atomic mass is 9.97. The van der Waals surface area contributed by atoms with Crippen molar-refractivity contribution in [3.05, 3.63) is 34.3 Å². The lowest BCUT2D eigenvalue weighted by Crippen LogP contribution is -2.26. The zero-order chi connectivity index (χ0) is 11.4. The average Bonchev–Trinajstić information content (AvgIpc) is 2.15. The minimum absolute atomic E-state index is 0.266. The Morgan fingerprint density at radius 2 is 2.00 bits per heavy atom. The fourth-order valence-corrected chi connectivity index (χ4v) is 1.84. The zero-order valence-corrected chi connectivity index (χ0v) is 10.5. The number of rotatable bonds is 4. The summed E-state index contributed by atoms with van der Waals surface area (Å²) in [6.45, 7) is 6.36. The molecule has 0 aliphatic heterocycles. The Kier molecular flexibility index (Phi) is 4.62. The monoisotopic (exact) mass is 225 g/mol. The van der Waals surface area contributed by atoms with Crippen LogP contribution in [-0.2, 0) is 6.42 Å². The van der Waals surface area contributed by atoms with Gasteiger partial charge in [-0.25, -0.2) is 0 Å². The predicted octanol–water partition coefficient (Wildman–Crippen LogP) is 3.56. The van der Waals surface area contributed by atoms with Crippen LogP contribution >= 0.6 is 11.6 Å². The lowest BCUT2D eigenvalue weighted by molar-refractivity contribution is 0.464. The van der Waals surface area contributed by atoms with E-state index in [0.717, 1.165) is 17.9 Å². The van der Waals surface area contributed by atoms with E-state index >= 15 is 0 Å². The molecule has 0 saturated carbocycles. The fraction of sp³-hybridized carbons (Fsp3) is 0.538. The molecular weight excluding hydrogens is 206 g/mol. The average molecular weight is 226 g/mol. The van der Waals surface area contributed by atoms with E-state index in [1.807, 2.05) is 6.07 Å². The van der Waals surface area contributed by atoms with E-state index in [1.165, 1.54) is 11.1 Å². The first kappa shape index (κ1) is 12.5. The minimum Gasteiger partial charge on any atom is -0.327 e. The van der Waals surface area contributed by atoms with Gasteiger partial charge >= 0.3 is 0 Å². The molecule has 0 aliphatic rings. The summed E-state index contributed by atoms with van der Waals surface area (Å²) in [5, 5.41) is 0.867. The van der Waals surface area contributed by atoms with Gasteiger partial charge in [0.2, 0.25) is 0 Å². The van der Waals surface area contributed by atoms with Crippen molar-refractivity contribution in [3.63, 3.8) is 0 Å². The normalized spacial score (nSPS) is 13.2. The van der Waals surface area contributed by atoms with Crippen LogP contribution in [0, 0.1) is 12.8 Å². The van der Waals surface area contributed by atoms with Crippen molar-refractivity contribution in [1.82, 2.24) is 0 Å². The van der Waals surface area contributed by atoms with Crippen molar-refractivity contribution in [2.45, 2.75) is 39.7 Å². The number of nitrogens with two attached hydrogens (primary N) is 1. The molecule has 1 aromatic carbocycles. The summed E-state index contributed by atoms with van der Waals surface area (Å²) in [5.74, 6) is 0.536. The van der Waals surface area contributed by atoms with Crippen LogP contribution in [0.1, 0.15) is 31.4 Å². The summed E-state index contributed by atoms with van der Waals surface area (Å²) < 4.78 is 0. The van der Waals surface area contributed by atoms with Crippen LogP contribution in [0.3, 0.4) is 0 Å². The Bertz CT molecular complexity index is 320. The smallest absolute Gasteiger partial charge is 0.0440 e. The molecular formula is C13H20ClN. The molecule has 84 valence electrons. The molecule has 1 nitrogen and oxygen atoms in total. The Hall–Kier alpha value is -0.530. The molecule has 0 aromatic heterocycles. The first-order valence-electron chi connectivity index (χ1n) is 5.51. The van der Waals surface area contributed by atoms with E-state index in [-0.39, 0.29) is 6.04 Å². The number of aryl methyl sites for hydroxylation is 2. The fourth-order valence-electron chi connectivity index (χ4n) is 1.51. The molecule has 1 rings (SSSR count). The zero-order valence-electron chi connectivity index (χ0n) is 9.76. The molecule has 15 heavy (non-hydrogen) atoms. The van der Waals surface area contributed by atoms with Gasteiger partial charge in [0.15, 0.2) is 0 Å². The van der Waals surface area contributed by atoms with Crippen LogP contribution in [-0.4, -0.2) is 6.04 Å². The van der Waals surface area contributed by atoms with Gasteiger partial charge in [-0.3, -0.25) is 0 Å². The molecule has 0 aliphatic carbocycles. The van der Waals surface area contributed by atoms with Crippen LogP contribution < -0.4 is 5.73 Å². The molecule has 1 unspecified atom stereocenters. The van der Waals surface area contributed by atoms with Gasteiger partial charge in [-0.1, -0.05) is 37.6 Å². The highest BCUT2D eigenvalue weighted by atomic mass is 35.5. The third kappa shape index (κ3) is 3.84. The largest absolute Gasteiger partial charge is 0.327 e. The Morgan fingerprint density at radius 1 is 1.33 bits per heavy atom. The van der Waals surface area contributed by atoms with Crippen molar-refractivity contribution in [2.75, 3.05) is 0 Å². The summed E-state index contributed by atoms with van der Waals surface area (Å²) in [7, 11) is 0. The molecule has 0 bridgehead atoms. The van der Waals surface area contributed by atoms with E-state index < -0.39 is 0 Å². The van der Waals surface area contributed by atoms with Gasteiger partial charge in [0.05, 0.1) is 0 Å². The number of halogens is 1. The van der Waals surface area contributed by atoms with E-state index in [1.54, 1.807) is 0 Å². The summed E-state index contributed by atoms with van der Waals surface area (Å²) in [5.41, 5.74) is 8.41. The summed E-state index contributed by atoms with van der Waals surface area (Å²) in [4.78, 5) is 0. The Balaban J connectivity index is 2.58. The third-order valence-corrected chi connectivity index (χ3v) is 3.16.